The van der Waals surface area contributed by atoms with Gasteiger partial charge in [0, 0.05) is 6.04 Å². The lowest BCUT2D eigenvalue weighted by atomic mass is 9.94. The first-order valence-corrected chi connectivity index (χ1v) is 4.21. The molecule has 0 unspecified atom stereocenters. The number of methoxy groups -OCH3 is 1. The van der Waals surface area contributed by atoms with Crippen molar-refractivity contribution in [3.8, 4) is 0 Å². The Labute approximate surface area is 71.3 Å². The maximum Gasteiger partial charge on any atom is 0.407 e. The molecule has 12 heavy (non-hydrogen) atoms. The number of carbonyl (C=O) groups excluding carboxylic acids is 1. The van der Waals surface area contributed by atoms with Crippen LogP contribution in [0.25, 0.3) is 0 Å². The number of rotatable bonds is 1. The van der Waals surface area contributed by atoms with Crippen LogP contribution in [-0.2, 0) is 4.74 Å². The highest BCUT2D eigenvalue weighted by Gasteiger charge is 2.21. The molecule has 1 rings (SSSR count). The van der Waals surface area contributed by atoms with Crippen molar-refractivity contribution < 1.29 is 13.9 Å². The summed E-state index contributed by atoms with van der Waals surface area (Å²) in [4.78, 5) is 10.7. The fourth-order valence-corrected chi connectivity index (χ4v) is 1.42. The molecule has 0 heterocycles. The molecule has 1 fully saturated rings. The van der Waals surface area contributed by atoms with Crippen LogP contribution in [-0.4, -0.2) is 25.4 Å². The zero-order valence-corrected chi connectivity index (χ0v) is 7.18. The molecule has 0 spiro atoms. The van der Waals surface area contributed by atoms with E-state index in [0.717, 1.165) is 12.8 Å². The van der Waals surface area contributed by atoms with Gasteiger partial charge in [-0.2, -0.15) is 0 Å². The van der Waals surface area contributed by atoms with Crippen LogP contribution in [0, 0.1) is 0 Å². The third kappa shape index (κ3) is 2.68. The second kappa shape index (κ2) is 4.28. The number of nitrogens with one attached hydrogen (secondary N) is 1. The topological polar surface area (TPSA) is 38.3 Å². The fraction of sp³-hybridized carbons (Fsp3) is 0.875. The molecule has 1 aliphatic rings. The minimum atomic E-state index is -0.680. The lowest BCUT2D eigenvalue weighted by Crippen LogP contribution is -2.37. The largest absolute Gasteiger partial charge is 0.453 e. The Morgan fingerprint density at radius 1 is 1.42 bits per heavy atom. The molecule has 0 aromatic carbocycles. The van der Waals surface area contributed by atoms with E-state index in [9.17, 15) is 9.18 Å². The van der Waals surface area contributed by atoms with Crippen LogP contribution in [0.1, 0.15) is 25.7 Å². The molecule has 4 heteroatoms. The van der Waals surface area contributed by atoms with Crippen LogP contribution in [0.4, 0.5) is 9.18 Å². The van der Waals surface area contributed by atoms with E-state index < -0.39 is 12.3 Å². The molecule has 0 aromatic heterocycles. The average Bonchev–Trinajstić information content (AvgIpc) is 2.09. The third-order valence-corrected chi connectivity index (χ3v) is 2.16. The maximum absolute atomic E-state index is 12.6. The van der Waals surface area contributed by atoms with E-state index in [1.807, 2.05) is 0 Å². The van der Waals surface area contributed by atoms with Crippen molar-refractivity contribution in [1.82, 2.24) is 5.32 Å². The molecule has 70 valence electrons. The molecule has 1 amide bonds. The molecule has 3 nitrogen and oxygen atoms in total. The zero-order chi connectivity index (χ0) is 8.97. The van der Waals surface area contributed by atoms with Gasteiger partial charge in [-0.15, -0.1) is 0 Å². The van der Waals surface area contributed by atoms with Crippen LogP contribution in [0.3, 0.4) is 0 Å². The van der Waals surface area contributed by atoms with Crippen LogP contribution in [0.15, 0.2) is 0 Å². The van der Waals surface area contributed by atoms with E-state index in [2.05, 4.69) is 10.1 Å². The molecule has 1 N–H and O–H groups in total. The highest BCUT2D eigenvalue weighted by atomic mass is 19.1. The first-order valence-electron chi connectivity index (χ1n) is 4.21. The SMILES string of the molecule is COC(=O)NC1CCC(F)CC1. The molecular weight excluding hydrogens is 161 g/mol. The quantitative estimate of drug-likeness (QED) is 0.657. The number of alkyl halides is 1. The van der Waals surface area contributed by atoms with Gasteiger partial charge in [-0.25, -0.2) is 9.18 Å². The minimum Gasteiger partial charge on any atom is -0.453 e. The molecule has 0 saturated heterocycles. The van der Waals surface area contributed by atoms with Gasteiger partial charge in [0.25, 0.3) is 0 Å². The zero-order valence-electron chi connectivity index (χ0n) is 7.18. The maximum atomic E-state index is 12.6. The molecule has 1 saturated carbocycles. The highest BCUT2D eigenvalue weighted by molar-refractivity contribution is 5.67. The van der Waals surface area contributed by atoms with E-state index in [1.165, 1.54) is 7.11 Å². The van der Waals surface area contributed by atoms with Crippen LogP contribution >= 0.6 is 0 Å². The second-order valence-corrected chi connectivity index (χ2v) is 3.08. The summed E-state index contributed by atoms with van der Waals surface area (Å²) < 4.78 is 17.1. The fourth-order valence-electron chi connectivity index (χ4n) is 1.42. The number of alkyl carbamates (subject to hydrolysis) is 1. The van der Waals surface area contributed by atoms with E-state index in [4.69, 9.17) is 0 Å². The van der Waals surface area contributed by atoms with Gasteiger partial charge < -0.3 is 10.1 Å². The van der Waals surface area contributed by atoms with Crippen molar-refractivity contribution in [3.63, 3.8) is 0 Å². The predicted octanol–water partition coefficient (Wildman–Crippen LogP) is 1.62. The molecule has 0 aliphatic heterocycles. The third-order valence-electron chi connectivity index (χ3n) is 2.16. The van der Waals surface area contributed by atoms with Crippen molar-refractivity contribution in [1.29, 1.82) is 0 Å². The first-order chi connectivity index (χ1) is 5.72. The molecule has 0 radical (unpaired) electrons. The van der Waals surface area contributed by atoms with Gasteiger partial charge in [-0.05, 0) is 25.7 Å². The standard InChI is InChI=1S/C8H14FNO2/c1-12-8(11)10-7-4-2-6(9)3-5-7/h6-7H,2-5H2,1H3,(H,10,11). The number of halogens is 1. The van der Waals surface area contributed by atoms with Crippen molar-refractivity contribution in [2.75, 3.05) is 7.11 Å². The smallest absolute Gasteiger partial charge is 0.407 e. The van der Waals surface area contributed by atoms with Crippen molar-refractivity contribution in [3.05, 3.63) is 0 Å². The summed E-state index contributed by atoms with van der Waals surface area (Å²) in [7, 11) is 1.33. The number of carbonyl (C=O) groups is 1. The van der Waals surface area contributed by atoms with Gasteiger partial charge in [0.2, 0.25) is 0 Å². The van der Waals surface area contributed by atoms with Gasteiger partial charge in [0.05, 0.1) is 7.11 Å². The summed E-state index contributed by atoms with van der Waals surface area (Å²) in [5.74, 6) is 0. The van der Waals surface area contributed by atoms with Gasteiger partial charge >= 0.3 is 6.09 Å². The van der Waals surface area contributed by atoms with Crippen LogP contribution < -0.4 is 5.32 Å². The predicted molar refractivity (Wildman–Crippen MR) is 42.7 cm³/mol. The molecule has 1 aliphatic carbocycles. The van der Waals surface area contributed by atoms with E-state index in [-0.39, 0.29) is 6.04 Å². The number of hydrogen-bond acceptors (Lipinski definition) is 2. The average molecular weight is 175 g/mol. The summed E-state index contributed by atoms with van der Waals surface area (Å²) in [6, 6.07) is 0.101. The van der Waals surface area contributed by atoms with Crippen LogP contribution in [0.5, 0.6) is 0 Å². The Balaban J connectivity index is 2.21. The van der Waals surface area contributed by atoms with E-state index in [1.54, 1.807) is 0 Å². The summed E-state index contributed by atoms with van der Waals surface area (Å²) in [6.45, 7) is 0. The Morgan fingerprint density at radius 3 is 2.50 bits per heavy atom. The number of amides is 1. The second-order valence-electron chi connectivity index (χ2n) is 3.08. The Bertz CT molecular complexity index is 155. The van der Waals surface area contributed by atoms with Crippen LogP contribution in [0.2, 0.25) is 0 Å². The number of ether oxygens (including phenoxy) is 1. The molecular formula is C8H14FNO2. The van der Waals surface area contributed by atoms with Gasteiger partial charge in [-0.1, -0.05) is 0 Å². The van der Waals surface area contributed by atoms with Gasteiger partial charge in [0.1, 0.15) is 6.17 Å². The molecule has 0 bridgehead atoms. The first kappa shape index (κ1) is 9.29. The summed E-state index contributed by atoms with van der Waals surface area (Å²) in [5.41, 5.74) is 0. The van der Waals surface area contributed by atoms with Gasteiger partial charge in [-0.3, -0.25) is 0 Å². The van der Waals surface area contributed by atoms with Crippen molar-refractivity contribution >= 4 is 6.09 Å². The minimum absolute atomic E-state index is 0.101. The molecule has 0 atom stereocenters. The van der Waals surface area contributed by atoms with Gasteiger partial charge in [0.15, 0.2) is 0 Å². The lowest BCUT2D eigenvalue weighted by Gasteiger charge is -2.24. The lowest BCUT2D eigenvalue weighted by molar-refractivity contribution is 0.156. The van der Waals surface area contributed by atoms with Crippen molar-refractivity contribution in [2.24, 2.45) is 0 Å². The molecule has 0 aromatic rings. The van der Waals surface area contributed by atoms with Crippen molar-refractivity contribution in [2.45, 2.75) is 37.9 Å². The van der Waals surface area contributed by atoms with E-state index in [0.29, 0.717) is 12.8 Å². The van der Waals surface area contributed by atoms with E-state index >= 15 is 0 Å². The Morgan fingerprint density at radius 2 is 2.00 bits per heavy atom. The highest BCUT2D eigenvalue weighted by Crippen LogP contribution is 2.20. The summed E-state index contributed by atoms with van der Waals surface area (Å²) >= 11 is 0. The Kier molecular flexibility index (Phi) is 3.31. The summed E-state index contributed by atoms with van der Waals surface area (Å²) in [6.07, 6.45) is 1.44. The normalized spacial score (nSPS) is 29.5. The summed E-state index contributed by atoms with van der Waals surface area (Å²) in [5, 5.41) is 2.66. The Hall–Kier alpha value is -0.800. The monoisotopic (exact) mass is 175 g/mol. The number of hydrogen-bond donors (Lipinski definition) is 1.